The zero-order chi connectivity index (χ0) is 13.6. The Labute approximate surface area is 124 Å². The van der Waals surface area contributed by atoms with Gasteiger partial charge in [0.05, 0.1) is 0 Å². The van der Waals surface area contributed by atoms with E-state index in [2.05, 4.69) is 15.9 Å². The van der Waals surface area contributed by atoms with Gasteiger partial charge in [0, 0.05) is 21.7 Å². The molecule has 0 aromatic heterocycles. The first-order valence-electron chi connectivity index (χ1n) is 6.48. The fraction of sp³-hybridized carbons (Fsp3) is 0.571. The summed E-state index contributed by atoms with van der Waals surface area (Å²) in [7, 11) is 0. The first-order chi connectivity index (χ1) is 9.03. The summed E-state index contributed by atoms with van der Waals surface area (Å²) in [4.78, 5) is 0. The van der Waals surface area contributed by atoms with Crippen molar-refractivity contribution in [1.82, 2.24) is 0 Å². The standard InChI is InChI=1S/C14H14BrClF2O/c15-8-5-9(17)13(18)10(6-8)19-12-7-11(16)14(12)3-1-2-4-14/h5-6,11-12H,1-4,7H2. The normalized spacial score (nSPS) is 28.4. The quantitative estimate of drug-likeness (QED) is 0.535. The van der Waals surface area contributed by atoms with Gasteiger partial charge in [-0.1, -0.05) is 28.8 Å². The van der Waals surface area contributed by atoms with Gasteiger partial charge >= 0.3 is 0 Å². The van der Waals surface area contributed by atoms with E-state index < -0.39 is 11.6 Å². The van der Waals surface area contributed by atoms with Gasteiger partial charge in [-0.05, 0) is 25.0 Å². The Bertz CT molecular complexity index is 502. The SMILES string of the molecule is Fc1cc(Br)cc(OC2CC(Cl)C23CCCC3)c1F. The van der Waals surface area contributed by atoms with Gasteiger partial charge in [0.2, 0.25) is 5.82 Å². The Morgan fingerprint density at radius 2 is 1.95 bits per heavy atom. The van der Waals surface area contributed by atoms with Crippen molar-refractivity contribution in [3.05, 3.63) is 28.2 Å². The van der Waals surface area contributed by atoms with Gasteiger partial charge in [-0.25, -0.2) is 4.39 Å². The fourth-order valence-corrected chi connectivity index (χ4v) is 4.23. The minimum Gasteiger partial charge on any atom is -0.487 e. The average Bonchev–Trinajstić information content (AvgIpc) is 2.87. The van der Waals surface area contributed by atoms with E-state index in [9.17, 15) is 8.78 Å². The van der Waals surface area contributed by atoms with Gasteiger partial charge in [-0.2, -0.15) is 4.39 Å². The number of alkyl halides is 1. The summed E-state index contributed by atoms with van der Waals surface area (Å²) in [6.07, 6.45) is 4.92. The molecule has 0 amide bonds. The Morgan fingerprint density at radius 1 is 1.26 bits per heavy atom. The number of ether oxygens (including phenoxy) is 1. The molecule has 0 saturated heterocycles. The van der Waals surface area contributed by atoms with Crippen LogP contribution in [0.3, 0.4) is 0 Å². The zero-order valence-corrected chi connectivity index (χ0v) is 12.6. The summed E-state index contributed by atoms with van der Waals surface area (Å²) >= 11 is 9.47. The number of hydrogen-bond acceptors (Lipinski definition) is 1. The molecule has 1 spiro atoms. The van der Waals surface area contributed by atoms with E-state index >= 15 is 0 Å². The molecule has 1 aromatic carbocycles. The van der Waals surface area contributed by atoms with E-state index in [1.54, 1.807) is 0 Å². The van der Waals surface area contributed by atoms with Gasteiger partial charge in [-0.15, -0.1) is 11.6 Å². The summed E-state index contributed by atoms with van der Waals surface area (Å²) in [6, 6.07) is 2.57. The number of benzene rings is 1. The van der Waals surface area contributed by atoms with Crippen LogP contribution in [0.5, 0.6) is 5.75 Å². The second kappa shape index (κ2) is 4.88. The van der Waals surface area contributed by atoms with Crippen molar-refractivity contribution in [2.24, 2.45) is 5.41 Å². The van der Waals surface area contributed by atoms with Crippen LogP contribution in [0.2, 0.25) is 0 Å². The lowest BCUT2D eigenvalue weighted by Crippen LogP contribution is -2.55. The molecule has 1 aromatic rings. The second-order valence-corrected chi connectivity index (χ2v) is 6.89. The van der Waals surface area contributed by atoms with E-state index in [1.807, 2.05) is 0 Å². The third-order valence-electron chi connectivity index (χ3n) is 4.45. The first-order valence-corrected chi connectivity index (χ1v) is 7.71. The van der Waals surface area contributed by atoms with Crippen LogP contribution in [-0.4, -0.2) is 11.5 Å². The highest BCUT2D eigenvalue weighted by Crippen LogP contribution is 2.57. The molecule has 0 bridgehead atoms. The molecular formula is C14H14BrClF2O. The molecule has 104 valence electrons. The summed E-state index contributed by atoms with van der Waals surface area (Å²) in [6.45, 7) is 0. The Hall–Kier alpha value is -0.350. The van der Waals surface area contributed by atoms with Gasteiger partial charge in [-0.3, -0.25) is 0 Å². The van der Waals surface area contributed by atoms with E-state index in [0.29, 0.717) is 10.9 Å². The van der Waals surface area contributed by atoms with Gasteiger partial charge in [0.25, 0.3) is 0 Å². The molecule has 19 heavy (non-hydrogen) atoms. The van der Waals surface area contributed by atoms with Crippen molar-refractivity contribution in [2.45, 2.75) is 43.6 Å². The molecule has 1 nitrogen and oxygen atoms in total. The van der Waals surface area contributed by atoms with Crippen LogP contribution in [0.1, 0.15) is 32.1 Å². The van der Waals surface area contributed by atoms with E-state index in [0.717, 1.165) is 31.7 Å². The molecule has 2 aliphatic carbocycles. The molecule has 0 N–H and O–H groups in total. The molecule has 2 aliphatic rings. The van der Waals surface area contributed by atoms with Crippen molar-refractivity contribution in [3.63, 3.8) is 0 Å². The molecule has 0 aliphatic heterocycles. The predicted molar refractivity (Wildman–Crippen MR) is 73.6 cm³/mol. The van der Waals surface area contributed by atoms with E-state index in [4.69, 9.17) is 16.3 Å². The van der Waals surface area contributed by atoms with Crippen LogP contribution in [0.25, 0.3) is 0 Å². The van der Waals surface area contributed by atoms with Crippen LogP contribution in [0, 0.1) is 17.0 Å². The van der Waals surface area contributed by atoms with Gasteiger partial charge in [0.15, 0.2) is 11.6 Å². The highest BCUT2D eigenvalue weighted by molar-refractivity contribution is 9.10. The predicted octanol–water partition coefficient (Wildman–Crippen LogP) is 5.05. The highest BCUT2D eigenvalue weighted by Gasteiger charge is 2.57. The largest absolute Gasteiger partial charge is 0.487 e. The maximum Gasteiger partial charge on any atom is 0.200 e. The minimum atomic E-state index is -0.922. The monoisotopic (exact) mass is 350 g/mol. The lowest BCUT2D eigenvalue weighted by atomic mass is 9.64. The summed E-state index contributed by atoms with van der Waals surface area (Å²) in [5.41, 5.74) is -0.0349. The first kappa shape index (κ1) is 13.6. The number of hydrogen-bond donors (Lipinski definition) is 0. The van der Waals surface area contributed by atoms with Crippen molar-refractivity contribution in [3.8, 4) is 5.75 Å². The van der Waals surface area contributed by atoms with E-state index in [1.165, 1.54) is 6.07 Å². The van der Waals surface area contributed by atoms with Crippen LogP contribution in [-0.2, 0) is 0 Å². The molecule has 2 atom stereocenters. The van der Waals surface area contributed by atoms with Crippen molar-refractivity contribution < 1.29 is 13.5 Å². The highest BCUT2D eigenvalue weighted by atomic mass is 79.9. The van der Waals surface area contributed by atoms with Crippen LogP contribution in [0.15, 0.2) is 16.6 Å². The molecule has 5 heteroatoms. The van der Waals surface area contributed by atoms with Crippen molar-refractivity contribution in [2.75, 3.05) is 0 Å². The molecular weight excluding hydrogens is 338 g/mol. The van der Waals surface area contributed by atoms with Crippen molar-refractivity contribution in [1.29, 1.82) is 0 Å². The zero-order valence-electron chi connectivity index (χ0n) is 10.3. The Morgan fingerprint density at radius 3 is 2.58 bits per heavy atom. The molecule has 0 radical (unpaired) electrons. The fourth-order valence-electron chi connectivity index (χ4n) is 3.30. The van der Waals surface area contributed by atoms with Gasteiger partial charge < -0.3 is 4.74 Å². The minimum absolute atomic E-state index is 0.0216. The third kappa shape index (κ3) is 2.17. The van der Waals surface area contributed by atoms with Crippen LogP contribution >= 0.6 is 27.5 Å². The lowest BCUT2D eigenvalue weighted by Gasteiger charge is -2.50. The lowest BCUT2D eigenvalue weighted by molar-refractivity contribution is -0.0378. The molecule has 2 fully saturated rings. The van der Waals surface area contributed by atoms with Gasteiger partial charge in [0.1, 0.15) is 6.10 Å². The average molecular weight is 352 g/mol. The summed E-state index contributed by atoms with van der Waals surface area (Å²) in [5, 5.41) is 0.0973. The Kier molecular flexibility index (Phi) is 3.50. The number of rotatable bonds is 2. The molecule has 0 heterocycles. The smallest absolute Gasteiger partial charge is 0.200 e. The third-order valence-corrected chi connectivity index (χ3v) is 5.52. The maximum atomic E-state index is 13.7. The number of halogens is 4. The maximum absolute atomic E-state index is 13.7. The van der Waals surface area contributed by atoms with Crippen LogP contribution < -0.4 is 4.74 Å². The molecule has 2 saturated carbocycles. The van der Waals surface area contributed by atoms with Crippen LogP contribution in [0.4, 0.5) is 8.78 Å². The molecule has 2 unspecified atom stereocenters. The van der Waals surface area contributed by atoms with E-state index in [-0.39, 0.29) is 22.6 Å². The summed E-state index contributed by atoms with van der Waals surface area (Å²) in [5.74, 6) is -1.84. The molecule has 3 rings (SSSR count). The topological polar surface area (TPSA) is 9.23 Å². The Balaban J connectivity index is 1.83. The van der Waals surface area contributed by atoms with Crippen molar-refractivity contribution >= 4 is 27.5 Å². The summed E-state index contributed by atoms with van der Waals surface area (Å²) < 4.78 is 33.3. The second-order valence-electron chi connectivity index (χ2n) is 5.45.